The first-order valence-electron chi connectivity index (χ1n) is 5.25. The second-order valence-corrected chi connectivity index (χ2v) is 3.58. The molecule has 0 aromatic carbocycles. The smallest absolute Gasteiger partial charge is 0.261 e. The Balaban J connectivity index is 1.83. The van der Waals surface area contributed by atoms with Crippen molar-refractivity contribution in [3.63, 3.8) is 0 Å². The molecule has 1 aliphatic heterocycles. The van der Waals surface area contributed by atoms with Gasteiger partial charge in [-0.05, 0) is 0 Å². The largest absolute Gasteiger partial charge is 0.375 e. The van der Waals surface area contributed by atoms with Crippen LogP contribution in [0.25, 0.3) is 0 Å². The molecule has 90 valence electrons. The van der Waals surface area contributed by atoms with Gasteiger partial charge in [0, 0.05) is 19.5 Å². The van der Waals surface area contributed by atoms with Gasteiger partial charge in [-0.3, -0.25) is 0 Å². The van der Waals surface area contributed by atoms with Gasteiger partial charge in [-0.2, -0.15) is 0 Å². The van der Waals surface area contributed by atoms with Crippen molar-refractivity contribution in [1.82, 2.24) is 20.1 Å². The molecule has 0 aliphatic carbocycles. The van der Waals surface area contributed by atoms with Crippen molar-refractivity contribution < 1.29 is 13.5 Å². The van der Waals surface area contributed by atoms with Crippen molar-refractivity contribution >= 4 is 0 Å². The molecule has 0 atom stereocenters. The highest BCUT2D eigenvalue weighted by Gasteiger charge is 2.14. The molecule has 2 rings (SSSR count). The highest BCUT2D eigenvalue weighted by molar-refractivity contribution is 4.98. The Morgan fingerprint density at radius 1 is 1.44 bits per heavy atom. The minimum absolute atomic E-state index is 0.260. The number of nitrogens with zero attached hydrogens (tertiary/aromatic N) is 3. The lowest BCUT2D eigenvalue weighted by molar-refractivity contribution is 0.0181. The van der Waals surface area contributed by atoms with Crippen LogP contribution in [-0.2, 0) is 24.2 Å². The SMILES string of the molecule is FC(F)COCCc1nnc2n1CCNC2. The molecule has 16 heavy (non-hydrogen) atoms. The Bertz CT molecular complexity index is 342. The second kappa shape index (κ2) is 5.31. The Hall–Kier alpha value is -1.08. The van der Waals surface area contributed by atoms with E-state index in [2.05, 4.69) is 15.5 Å². The molecule has 5 nitrogen and oxygen atoms in total. The number of hydrogen-bond acceptors (Lipinski definition) is 4. The molecule has 0 fully saturated rings. The molecule has 1 aromatic heterocycles. The lowest BCUT2D eigenvalue weighted by Crippen LogP contribution is -2.29. The first kappa shape index (κ1) is 11.4. The highest BCUT2D eigenvalue weighted by atomic mass is 19.3. The van der Waals surface area contributed by atoms with Crippen molar-refractivity contribution in [2.75, 3.05) is 19.8 Å². The fourth-order valence-corrected chi connectivity index (χ4v) is 1.67. The predicted molar refractivity (Wildman–Crippen MR) is 52.3 cm³/mol. The van der Waals surface area contributed by atoms with Gasteiger partial charge in [-0.15, -0.1) is 10.2 Å². The maximum Gasteiger partial charge on any atom is 0.261 e. The number of nitrogens with one attached hydrogen (secondary N) is 1. The first-order chi connectivity index (χ1) is 7.77. The Morgan fingerprint density at radius 3 is 3.12 bits per heavy atom. The minimum atomic E-state index is -2.41. The van der Waals surface area contributed by atoms with Crippen molar-refractivity contribution in [3.05, 3.63) is 11.6 Å². The van der Waals surface area contributed by atoms with Crippen LogP contribution in [0, 0.1) is 0 Å². The van der Waals surface area contributed by atoms with Crippen LogP contribution < -0.4 is 5.32 Å². The van der Waals surface area contributed by atoms with E-state index in [1.807, 2.05) is 4.57 Å². The molecular weight excluding hydrogens is 218 g/mol. The number of alkyl halides is 2. The molecule has 0 spiro atoms. The van der Waals surface area contributed by atoms with Crippen molar-refractivity contribution in [3.8, 4) is 0 Å². The monoisotopic (exact) mass is 232 g/mol. The second-order valence-electron chi connectivity index (χ2n) is 3.58. The van der Waals surface area contributed by atoms with Gasteiger partial charge in [0.1, 0.15) is 18.3 Å². The summed E-state index contributed by atoms with van der Waals surface area (Å²) < 4.78 is 30.4. The zero-order valence-corrected chi connectivity index (χ0v) is 8.83. The topological polar surface area (TPSA) is 52.0 Å². The standard InChI is InChI=1S/C9H14F2N4O/c10-7(11)6-16-4-1-8-13-14-9-5-12-2-3-15(8)9/h7,12H,1-6H2. The van der Waals surface area contributed by atoms with Gasteiger partial charge >= 0.3 is 0 Å². The quantitative estimate of drug-likeness (QED) is 0.737. The third kappa shape index (κ3) is 2.73. The maximum absolute atomic E-state index is 11.8. The number of rotatable bonds is 5. The number of fused-ring (bicyclic) bond motifs is 1. The average molecular weight is 232 g/mol. The van der Waals surface area contributed by atoms with Gasteiger partial charge in [0.05, 0.1) is 13.2 Å². The van der Waals surface area contributed by atoms with E-state index in [0.29, 0.717) is 13.0 Å². The maximum atomic E-state index is 11.8. The van der Waals surface area contributed by atoms with Gasteiger partial charge in [-0.1, -0.05) is 0 Å². The van der Waals surface area contributed by atoms with Crippen LogP contribution in [0.5, 0.6) is 0 Å². The molecule has 1 aliphatic rings. The summed E-state index contributed by atoms with van der Waals surface area (Å²) in [6, 6.07) is 0. The summed E-state index contributed by atoms with van der Waals surface area (Å²) >= 11 is 0. The molecule has 1 aromatic rings. The molecule has 0 unspecified atom stereocenters. The fraction of sp³-hybridized carbons (Fsp3) is 0.778. The Kier molecular flexibility index (Phi) is 3.79. The minimum Gasteiger partial charge on any atom is -0.375 e. The van der Waals surface area contributed by atoms with Crippen LogP contribution in [0.2, 0.25) is 0 Å². The van der Waals surface area contributed by atoms with E-state index in [0.717, 1.165) is 24.7 Å². The Labute approximate surface area is 91.8 Å². The van der Waals surface area contributed by atoms with Crippen LogP contribution in [0.4, 0.5) is 8.78 Å². The summed E-state index contributed by atoms with van der Waals surface area (Å²) in [6.07, 6.45) is -1.88. The van der Waals surface area contributed by atoms with Crippen LogP contribution in [0.1, 0.15) is 11.6 Å². The molecule has 7 heteroatoms. The van der Waals surface area contributed by atoms with Gasteiger partial charge in [0.2, 0.25) is 0 Å². The van der Waals surface area contributed by atoms with Crippen molar-refractivity contribution in [2.45, 2.75) is 25.9 Å². The first-order valence-corrected chi connectivity index (χ1v) is 5.25. The highest BCUT2D eigenvalue weighted by Crippen LogP contribution is 2.06. The van der Waals surface area contributed by atoms with Gasteiger partial charge in [-0.25, -0.2) is 8.78 Å². The average Bonchev–Trinajstić information content (AvgIpc) is 2.68. The normalized spacial score (nSPS) is 15.4. The van der Waals surface area contributed by atoms with Crippen LogP contribution in [0.15, 0.2) is 0 Å². The lowest BCUT2D eigenvalue weighted by Gasteiger charge is -2.15. The fourth-order valence-electron chi connectivity index (χ4n) is 1.67. The Morgan fingerprint density at radius 2 is 2.31 bits per heavy atom. The van der Waals surface area contributed by atoms with E-state index in [1.54, 1.807) is 0 Å². The molecule has 0 amide bonds. The predicted octanol–water partition coefficient (Wildman–Crippen LogP) is 0.205. The number of aromatic nitrogens is 3. The van der Waals surface area contributed by atoms with E-state index in [1.165, 1.54) is 0 Å². The zero-order chi connectivity index (χ0) is 11.4. The van der Waals surface area contributed by atoms with Crippen LogP contribution in [0.3, 0.4) is 0 Å². The summed E-state index contributed by atoms with van der Waals surface area (Å²) in [4.78, 5) is 0. The van der Waals surface area contributed by atoms with Crippen LogP contribution >= 0.6 is 0 Å². The summed E-state index contributed by atoms with van der Waals surface area (Å²) in [5.41, 5.74) is 0. The van der Waals surface area contributed by atoms with E-state index >= 15 is 0 Å². The third-order valence-corrected chi connectivity index (χ3v) is 2.41. The molecule has 0 radical (unpaired) electrons. The van der Waals surface area contributed by atoms with E-state index in [-0.39, 0.29) is 6.61 Å². The van der Waals surface area contributed by atoms with Crippen molar-refractivity contribution in [2.24, 2.45) is 0 Å². The van der Waals surface area contributed by atoms with Crippen molar-refractivity contribution in [1.29, 1.82) is 0 Å². The number of ether oxygens (including phenoxy) is 1. The zero-order valence-electron chi connectivity index (χ0n) is 8.83. The number of hydrogen-bond donors (Lipinski definition) is 1. The summed E-state index contributed by atoms with van der Waals surface area (Å²) in [6.45, 7) is 2.17. The van der Waals surface area contributed by atoms with E-state index in [9.17, 15) is 8.78 Å². The molecule has 1 N–H and O–H groups in total. The van der Waals surface area contributed by atoms with Gasteiger partial charge in [0.15, 0.2) is 0 Å². The molecule has 0 saturated carbocycles. The van der Waals surface area contributed by atoms with Gasteiger partial charge < -0.3 is 14.6 Å². The molecule has 0 saturated heterocycles. The lowest BCUT2D eigenvalue weighted by atomic mass is 10.3. The number of halogens is 2. The van der Waals surface area contributed by atoms with E-state index < -0.39 is 13.0 Å². The summed E-state index contributed by atoms with van der Waals surface area (Å²) in [7, 11) is 0. The third-order valence-electron chi connectivity index (χ3n) is 2.41. The van der Waals surface area contributed by atoms with E-state index in [4.69, 9.17) is 4.74 Å². The molecule has 2 heterocycles. The van der Waals surface area contributed by atoms with Crippen LogP contribution in [-0.4, -0.2) is 40.9 Å². The summed E-state index contributed by atoms with van der Waals surface area (Å²) in [5, 5.41) is 11.2. The molecular formula is C9H14F2N4O. The van der Waals surface area contributed by atoms with Gasteiger partial charge in [0.25, 0.3) is 6.43 Å². The molecule has 0 bridgehead atoms. The summed E-state index contributed by atoms with van der Waals surface area (Å²) in [5.74, 6) is 1.71.